The summed E-state index contributed by atoms with van der Waals surface area (Å²) in [4.78, 5) is 11.0. The van der Waals surface area contributed by atoms with Crippen LogP contribution in [0, 0.1) is 5.92 Å². The molecule has 1 nitrogen and oxygen atoms in total. The summed E-state index contributed by atoms with van der Waals surface area (Å²) in [6.07, 6.45) is 11.4. The number of allylic oxidation sites excluding steroid dienone is 4. The third-order valence-corrected chi connectivity index (χ3v) is 2.58. The van der Waals surface area contributed by atoms with Gasteiger partial charge in [0, 0.05) is 6.42 Å². The predicted octanol–water partition coefficient (Wildman–Crippen LogP) is 2.63. The number of rotatable bonds is 1. The molecule has 0 saturated heterocycles. The van der Waals surface area contributed by atoms with Gasteiger partial charge in [-0.05, 0) is 37.7 Å². The third-order valence-electron chi connectivity index (χ3n) is 2.58. The lowest BCUT2D eigenvalue weighted by Gasteiger charge is -2.05. The summed E-state index contributed by atoms with van der Waals surface area (Å²) in [5.74, 6) is 1.14. The van der Waals surface area contributed by atoms with E-state index in [1.54, 1.807) is 11.6 Å². The first-order valence-electron chi connectivity index (χ1n) is 4.76. The fourth-order valence-corrected chi connectivity index (χ4v) is 1.71. The van der Waals surface area contributed by atoms with Gasteiger partial charge in [0.15, 0.2) is 5.78 Å². The van der Waals surface area contributed by atoms with E-state index in [-0.39, 0.29) is 5.78 Å². The third kappa shape index (κ3) is 1.84. The van der Waals surface area contributed by atoms with Gasteiger partial charge in [0.05, 0.1) is 0 Å². The zero-order chi connectivity index (χ0) is 8.39. The average Bonchev–Trinajstić information content (AvgIpc) is 2.79. The summed E-state index contributed by atoms with van der Waals surface area (Å²) in [6.45, 7) is 0. The van der Waals surface area contributed by atoms with Crippen molar-refractivity contribution in [1.82, 2.24) is 0 Å². The van der Waals surface area contributed by atoms with Crippen LogP contribution in [0.4, 0.5) is 0 Å². The van der Waals surface area contributed by atoms with Crippen LogP contribution in [-0.2, 0) is 4.79 Å². The highest BCUT2D eigenvalue weighted by molar-refractivity contribution is 5.89. The molecule has 0 bridgehead atoms. The highest BCUT2D eigenvalue weighted by atomic mass is 16.1. The van der Waals surface area contributed by atoms with Gasteiger partial charge in [0.2, 0.25) is 0 Å². The number of ketones is 1. The average molecular weight is 162 g/mol. The maximum Gasteiger partial charge on any atom is 0.155 e. The van der Waals surface area contributed by atoms with E-state index < -0.39 is 0 Å². The van der Waals surface area contributed by atoms with Crippen LogP contribution in [-0.4, -0.2) is 5.78 Å². The second kappa shape index (κ2) is 3.26. The Kier molecular flexibility index (Phi) is 2.11. The van der Waals surface area contributed by atoms with Gasteiger partial charge < -0.3 is 0 Å². The van der Waals surface area contributed by atoms with E-state index in [2.05, 4.69) is 6.08 Å². The lowest BCUT2D eigenvalue weighted by molar-refractivity contribution is -0.114. The first kappa shape index (κ1) is 7.78. The smallest absolute Gasteiger partial charge is 0.155 e. The Balaban J connectivity index is 2.07. The molecule has 0 radical (unpaired) electrons. The molecule has 0 unspecified atom stereocenters. The van der Waals surface area contributed by atoms with Gasteiger partial charge >= 0.3 is 0 Å². The molecule has 12 heavy (non-hydrogen) atoms. The molecule has 0 aliphatic heterocycles. The van der Waals surface area contributed by atoms with Crippen LogP contribution in [0.1, 0.15) is 32.1 Å². The quantitative estimate of drug-likeness (QED) is 0.579. The Labute approximate surface area is 73.2 Å². The maximum absolute atomic E-state index is 11.0. The van der Waals surface area contributed by atoms with E-state index in [0.29, 0.717) is 0 Å². The molecular weight excluding hydrogens is 148 g/mol. The van der Waals surface area contributed by atoms with Crippen molar-refractivity contribution < 1.29 is 4.79 Å². The molecule has 2 aliphatic carbocycles. The van der Waals surface area contributed by atoms with Crippen molar-refractivity contribution in [2.45, 2.75) is 32.1 Å². The molecule has 0 heterocycles. The van der Waals surface area contributed by atoms with E-state index in [0.717, 1.165) is 25.2 Å². The summed E-state index contributed by atoms with van der Waals surface area (Å²) >= 11 is 0. The van der Waals surface area contributed by atoms with Crippen molar-refractivity contribution >= 4 is 5.78 Å². The minimum Gasteiger partial charge on any atom is -0.295 e. The zero-order valence-corrected chi connectivity index (χ0v) is 7.25. The molecule has 1 fully saturated rings. The fourth-order valence-electron chi connectivity index (χ4n) is 1.71. The van der Waals surface area contributed by atoms with E-state index in [1.807, 2.05) is 6.08 Å². The predicted molar refractivity (Wildman–Crippen MR) is 48.8 cm³/mol. The van der Waals surface area contributed by atoms with Crippen LogP contribution in [0.25, 0.3) is 0 Å². The minimum atomic E-state index is 0.279. The van der Waals surface area contributed by atoms with Crippen LogP contribution in [0.3, 0.4) is 0 Å². The maximum atomic E-state index is 11.0. The number of hydrogen-bond donors (Lipinski definition) is 0. The molecule has 2 rings (SSSR count). The Hall–Kier alpha value is -0.850. The lowest BCUT2D eigenvalue weighted by atomic mass is 10.00. The molecule has 0 N–H and O–H groups in total. The second-order valence-electron chi connectivity index (χ2n) is 3.69. The van der Waals surface area contributed by atoms with Crippen LogP contribution < -0.4 is 0 Å². The fraction of sp³-hybridized carbons (Fsp3) is 0.545. The SMILES string of the molecule is O=C1/C=C\C=C(\C2CC2)CCC1. The lowest BCUT2D eigenvalue weighted by Crippen LogP contribution is -1.96. The number of carbonyl (C=O) groups is 1. The van der Waals surface area contributed by atoms with Gasteiger partial charge in [-0.15, -0.1) is 0 Å². The Morgan fingerprint density at radius 1 is 1.25 bits per heavy atom. The van der Waals surface area contributed by atoms with Gasteiger partial charge in [-0.25, -0.2) is 0 Å². The van der Waals surface area contributed by atoms with Crippen LogP contribution in [0.5, 0.6) is 0 Å². The van der Waals surface area contributed by atoms with Crippen molar-refractivity contribution in [2.24, 2.45) is 5.92 Å². The second-order valence-corrected chi connectivity index (χ2v) is 3.69. The molecule has 2 aliphatic rings. The molecule has 1 saturated carbocycles. The van der Waals surface area contributed by atoms with Crippen molar-refractivity contribution in [3.05, 3.63) is 23.8 Å². The summed E-state index contributed by atoms with van der Waals surface area (Å²) in [5, 5.41) is 0. The standard InChI is InChI=1S/C11H14O/c12-11-5-1-3-9(4-2-6-11)10-7-8-10/h1,3,5,10H,2,4,6-8H2/b5-1-,9-3+. The van der Waals surface area contributed by atoms with Crippen molar-refractivity contribution in [3.63, 3.8) is 0 Å². The number of carbonyl (C=O) groups excluding carboxylic acids is 1. The Morgan fingerprint density at radius 2 is 2.08 bits per heavy atom. The first-order valence-corrected chi connectivity index (χ1v) is 4.76. The number of hydrogen-bond acceptors (Lipinski definition) is 1. The van der Waals surface area contributed by atoms with Crippen molar-refractivity contribution in [2.75, 3.05) is 0 Å². The highest BCUT2D eigenvalue weighted by Crippen LogP contribution is 2.39. The molecule has 0 aromatic heterocycles. The molecule has 0 atom stereocenters. The largest absolute Gasteiger partial charge is 0.295 e. The molecule has 1 heteroatoms. The minimum absolute atomic E-state index is 0.279. The van der Waals surface area contributed by atoms with E-state index >= 15 is 0 Å². The molecule has 0 aromatic carbocycles. The Bertz CT molecular complexity index is 244. The normalized spacial score (nSPS) is 31.7. The Morgan fingerprint density at radius 3 is 2.83 bits per heavy atom. The zero-order valence-electron chi connectivity index (χ0n) is 7.25. The van der Waals surface area contributed by atoms with Crippen molar-refractivity contribution in [3.8, 4) is 0 Å². The molecule has 0 spiro atoms. The van der Waals surface area contributed by atoms with E-state index in [4.69, 9.17) is 0 Å². The van der Waals surface area contributed by atoms with Gasteiger partial charge in [-0.3, -0.25) is 4.79 Å². The van der Waals surface area contributed by atoms with Gasteiger partial charge in [0.25, 0.3) is 0 Å². The first-order chi connectivity index (χ1) is 5.86. The van der Waals surface area contributed by atoms with Crippen molar-refractivity contribution in [1.29, 1.82) is 0 Å². The van der Waals surface area contributed by atoms with Gasteiger partial charge in [-0.2, -0.15) is 0 Å². The van der Waals surface area contributed by atoms with E-state index in [9.17, 15) is 4.79 Å². The summed E-state index contributed by atoms with van der Waals surface area (Å²) in [6, 6.07) is 0. The molecular formula is C11H14O. The summed E-state index contributed by atoms with van der Waals surface area (Å²) in [5.41, 5.74) is 1.57. The molecule has 0 aromatic rings. The summed E-state index contributed by atoms with van der Waals surface area (Å²) < 4.78 is 0. The highest BCUT2D eigenvalue weighted by Gasteiger charge is 2.25. The van der Waals surface area contributed by atoms with Crippen LogP contribution in [0.15, 0.2) is 23.8 Å². The molecule has 64 valence electrons. The van der Waals surface area contributed by atoms with Crippen LogP contribution >= 0.6 is 0 Å². The van der Waals surface area contributed by atoms with Gasteiger partial charge in [-0.1, -0.05) is 17.7 Å². The molecule has 0 amide bonds. The summed E-state index contributed by atoms with van der Waals surface area (Å²) in [7, 11) is 0. The van der Waals surface area contributed by atoms with E-state index in [1.165, 1.54) is 12.8 Å². The van der Waals surface area contributed by atoms with Crippen LogP contribution in [0.2, 0.25) is 0 Å². The van der Waals surface area contributed by atoms with Gasteiger partial charge in [0.1, 0.15) is 0 Å². The monoisotopic (exact) mass is 162 g/mol. The topological polar surface area (TPSA) is 17.1 Å².